The second kappa shape index (κ2) is 8.60. The number of hydrogen-bond donors (Lipinski definition) is 1. The fourth-order valence-electron chi connectivity index (χ4n) is 2.96. The highest BCUT2D eigenvalue weighted by Crippen LogP contribution is 2.31. The molecule has 1 aliphatic heterocycles. The second-order valence-corrected chi connectivity index (χ2v) is 11.2. The zero-order chi connectivity index (χ0) is 20.4. The minimum atomic E-state index is -3.69. The zero-order valence-electron chi connectivity index (χ0n) is 15.6. The van der Waals surface area contributed by atoms with E-state index in [1.165, 1.54) is 21.7 Å². The van der Waals surface area contributed by atoms with Crippen LogP contribution in [0.3, 0.4) is 0 Å². The number of thioether (sulfide) groups is 1. The summed E-state index contributed by atoms with van der Waals surface area (Å²) in [7, 11) is -3.69. The summed E-state index contributed by atoms with van der Waals surface area (Å²) in [5, 5.41) is 4.80. The summed E-state index contributed by atoms with van der Waals surface area (Å²) in [5.74, 6) is 1.81. The van der Waals surface area contributed by atoms with Crippen LogP contribution in [0.2, 0.25) is 0 Å². The molecule has 29 heavy (non-hydrogen) atoms. The molecular formula is C18H19N3O4S4. The van der Waals surface area contributed by atoms with Crippen molar-refractivity contribution >= 4 is 65.7 Å². The summed E-state index contributed by atoms with van der Waals surface area (Å²) >= 11 is 4.17. The summed E-state index contributed by atoms with van der Waals surface area (Å²) in [4.78, 5) is 17.5. The van der Waals surface area contributed by atoms with E-state index in [2.05, 4.69) is 10.3 Å². The number of aromatic nitrogens is 1. The van der Waals surface area contributed by atoms with Crippen LogP contribution in [0.4, 0.5) is 5.13 Å². The van der Waals surface area contributed by atoms with Gasteiger partial charge in [-0.25, -0.2) is 13.4 Å². The minimum absolute atomic E-state index is 0.0617. The van der Waals surface area contributed by atoms with Crippen molar-refractivity contribution in [3.05, 3.63) is 34.5 Å². The number of carbonyl (C=O) groups excluding carboxylic acids is 1. The van der Waals surface area contributed by atoms with Gasteiger partial charge in [-0.1, -0.05) is 11.3 Å². The number of thiazole rings is 1. The largest absolute Gasteiger partial charge is 0.494 e. The number of thiophene rings is 1. The molecule has 3 heterocycles. The maximum Gasteiger partial charge on any atom is 0.268 e. The first-order valence-corrected chi connectivity index (χ1v) is 13.3. The molecule has 0 spiro atoms. The molecule has 2 aromatic heterocycles. The molecule has 0 aliphatic carbocycles. The van der Waals surface area contributed by atoms with E-state index in [1.54, 1.807) is 17.1 Å². The fraction of sp³-hybridized carbons (Fsp3) is 0.333. The first kappa shape index (κ1) is 20.6. The lowest BCUT2D eigenvalue weighted by atomic mass is 10.3. The van der Waals surface area contributed by atoms with Gasteiger partial charge in [-0.3, -0.25) is 10.1 Å². The van der Waals surface area contributed by atoms with E-state index in [9.17, 15) is 13.2 Å². The third-order valence-electron chi connectivity index (χ3n) is 4.31. The molecule has 0 radical (unpaired) electrons. The molecule has 11 heteroatoms. The number of benzene rings is 1. The topological polar surface area (TPSA) is 88.6 Å². The van der Waals surface area contributed by atoms with Crippen molar-refractivity contribution < 1.29 is 17.9 Å². The summed E-state index contributed by atoms with van der Waals surface area (Å²) in [6.07, 6.45) is 0. The van der Waals surface area contributed by atoms with E-state index in [-0.39, 0.29) is 9.77 Å². The van der Waals surface area contributed by atoms with Gasteiger partial charge in [0.25, 0.3) is 5.91 Å². The molecule has 0 bridgehead atoms. The molecule has 1 saturated heterocycles. The number of nitrogens with one attached hydrogen (secondary N) is 1. The molecule has 1 N–H and O–H groups in total. The van der Waals surface area contributed by atoms with Crippen LogP contribution in [-0.4, -0.2) is 54.8 Å². The van der Waals surface area contributed by atoms with Gasteiger partial charge in [0, 0.05) is 24.6 Å². The molecule has 0 unspecified atom stereocenters. The number of carbonyl (C=O) groups is 1. The van der Waals surface area contributed by atoms with Gasteiger partial charge in [-0.05, 0) is 36.6 Å². The fourth-order valence-corrected chi connectivity index (χ4v) is 7.72. The average Bonchev–Trinajstić information content (AvgIpc) is 3.35. The lowest BCUT2D eigenvalue weighted by Crippen LogP contribution is -2.38. The standard InChI is InChI=1S/C18H19N3O4S4/c1-2-25-12-3-4-13-14(11-12)28-18(19-13)20-17(22)16-15(5-8-27-16)29(23,24)21-6-9-26-10-7-21/h3-5,8,11H,2,6-7,9-10H2,1H3,(H,19,20,22). The molecule has 0 saturated carbocycles. The zero-order valence-corrected chi connectivity index (χ0v) is 18.8. The van der Waals surface area contributed by atoms with Crippen molar-refractivity contribution in [2.45, 2.75) is 11.8 Å². The highest BCUT2D eigenvalue weighted by Gasteiger charge is 2.31. The monoisotopic (exact) mass is 469 g/mol. The Bertz CT molecular complexity index is 1130. The van der Waals surface area contributed by atoms with Crippen molar-refractivity contribution in [1.29, 1.82) is 0 Å². The van der Waals surface area contributed by atoms with Crippen LogP contribution in [0, 0.1) is 0 Å². The number of amides is 1. The quantitative estimate of drug-likeness (QED) is 0.592. The molecule has 4 rings (SSSR count). The number of nitrogens with zero attached hydrogens (tertiary/aromatic N) is 2. The Balaban J connectivity index is 1.57. The maximum atomic E-state index is 13.0. The van der Waals surface area contributed by atoms with Crippen LogP contribution < -0.4 is 10.1 Å². The normalized spacial score (nSPS) is 15.5. The average molecular weight is 470 g/mol. The lowest BCUT2D eigenvalue weighted by Gasteiger charge is -2.25. The smallest absolute Gasteiger partial charge is 0.268 e. The second-order valence-electron chi connectivity index (χ2n) is 6.17. The molecular weight excluding hydrogens is 450 g/mol. The maximum absolute atomic E-state index is 13.0. The first-order chi connectivity index (χ1) is 14.0. The summed E-state index contributed by atoms with van der Waals surface area (Å²) < 4.78 is 33.8. The van der Waals surface area contributed by atoms with Crippen LogP contribution in [0.1, 0.15) is 16.6 Å². The SMILES string of the molecule is CCOc1ccc2nc(NC(=O)c3sccc3S(=O)(=O)N3CCSCC3)sc2c1. The Morgan fingerprint density at radius 2 is 2.07 bits per heavy atom. The highest BCUT2D eigenvalue weighted by atomic mass is 32.2. The molecule has 0 atom stereocenters. The number of hydrogen-bond acceptors (Lipinski definition) is 8. The van der Waals surface area contributed by atoms with Gasteiger partial charge in [0.1, 0.15) is 15.5 Å². The molecule has 3 aromatic rings. The molecule has 1 aliphatic rings. The van der Waals surface area contributed by atoms with Crippen molar-refractivity contribution in [2.24, 2.45) is 0 Å². The number of sulfonamides is 1. The van der Waals surface area contributed by atoms with Crippen LogP contribution >= 0.6 is 34.4 Å². The summed E-state index contributed by atoms with van der Waals surface area (Å²) in [6, 6.07) is 7.05. The third-order valence-corrected chi connectivity index (χ3v) is 9.17. The predicted molar refractivity (Wildman–Crippen MR) is 119 cm³/mol. The number of ether oxygens (including phenoxy) is 1. The van der Waals surface area contributed by atoms with Gasteiger partial charge >= 0.3 is 0 Å². The van der Waals surface area contributed by atoms with Crippen LogP contribution in [0.15, 0.2) is 34.5 Å². The number of rotatable bonds is 6. The molecule has 7 nitrogen and oxygen atoms in total. The van der Waals surface area contributed by atoms with E-state index in [0.29, 0.717) is 24.8 Å². The van der Waals surface area contributed by atoms with Gasteiger partial charge in [0.15, 0.2) is 5.13 Å². The van der Waals surface area contributed by atoms with Crippen LogP contribution in [-0.2, 0) is 10.0 Å². The Kier molecular flexibility index (Phi) is 6.11. The van der Waals surface area contributed by atoms with E-state index < -0.39 is 15.9 Å². The van der Waals surface area contributed by atoms with E-state index in [4.69, 9.17) is 4.74 Å². The Morgan fingerprint density at radius 3 is 2.83 bits per heavy atom. The van der Waals surface area contributed by atoms with E-state index in [0.717, 1.165) is 38.8 Å². The Morgan fingerprint density at radius 1 is 1.28 bits per heavy atom. The molecule has 1 amide bonds. The van der Waals surface area contributed by atoms with Crippen molar-refractivity contribution in [3.63, 3.8) is 0 Å². The molecule has 1 aromatic carbocycles. The van der Waals surface area contributed by atoms with E-state index >= 15 is 0 Å². The van der Waals surface area contributed by atoms with Gasteiger partial charge in [-0.2, -0.15) is 16.1 Å². The molecule has 1 fully saturated rings. The highest BCUT2D eigenvalue weighted by molar-refractivity contribution is 7.99. The van der Waals surface area contributed by atoms with Crippen LogP contribution in [0.25, 0.3) is 10.2 Å². The Hall–Kier alpha value is -1.66. The summed E-state index contributed by atoms with van der Waals surface area (Å²) in [6.45, 7) is 3.41. The number of fused-ring (bicyclic) bond motifs is 1. The van der Waals surface area contributed by atoms with Crippen molar-refractivity contribution in [3.8, 4) is 5.75 Å². The van der Waals surface area contributed by atoms with Gasteiger partial charge in [0.2, 0.25) is 10.0 Å². The lowest BCUT2D eigenvalue weighted by molar-refractivity contribution is 0.102. The van der Waals surface area contributed by atoms with Crippen LogP contribution in [0.5, 0.6) is 5.75 Å². The summed E-state index contributed by atoms with van der Waals surface area (Å²) in [5.41, 5.74) is 0.749. The predicted octanol–water partition coefficient (Wildman–Crippen LogP) is 3.75. The van der Waals surface area contributed by atoms with Gasteiger partial charge in [-0.15, -0.1) is 11.3 Å². The van der Waals surface area contributed by atoms with Gasteiger partial charge in [0.05, 0.1) is 16.8 Å². The van der Waals surface area contributed by atoms with E-state index in [1.807, 2.05) is 25.1 Å². The molecule has 154 valence electrons. The van der Waals surface area contributed by atoms with Crippen molar-refractivity contribution in [1.82, 2.24) is 9.29 Å². The number of anilines is 1. The van der Waals surface area contributed by atoms with Gasteiger partial charge < -0.3 is 4.74 Å². The minimum Gasteiger partial charge on any atom is -0.494 e. The van der Waals surface area contributed by atoms with Crippen molar-refractivity contribution in [2.75, 3.05) is 36.5 Å². The Labute approximate surface area is 181 Å². The third kappa shape index (κ3) is 4.29. The first-order valence-electron chi connectivity index (χ1n) is 8.99.